The van der Waals surface area contributed by atoms with E-state index >= 15 is 0 Å². The normalized spacial score (nSPS) is 12.8. The summed E-state index contributed by atoms with van der Waals surface area (Å²) in [5, 5.41) is 19.0. The second-order valence-corrected chi connectivity index (χ2v) is 7.75. The average molecular weight is 344 g/mol. The van der Waals surface area contributed by atoms with Crippen molar-refractivity contribution in [2.45, 2.75) is 50.7 Å². The average Bonchev–Trinajstić information content (AvgIpc) is 2.53. The van der Waals surface area contributed by atoms with Gasteiger partial charge < -0.3 is 5.21 Å². The number of aryl methyl sites for hydroxylation is 1. The quantitative estimate of drug-likeness (QED) is 0.217. The Kier molecular flexibility index (Phi) is 7.97. The molecule has 0 aliphatic heterocycles. The van der Waals surface area contributed by atoms with Crippen molar-refractivity contribution in [3.8, 4) is 0 Å². The summed E-state index contributed by atoms with van der Waals surface area (Å²) >= 11 is 0. The topological polar surface area (TPSA) is 110 Å². The van der Waals surface area contributed by atoms with Crippen LogP contribution in [0.1, 0.15) is 44.7 Å². The molecule has 0 fully saturated rings. The van der Waals surface area contributed by atoms with Crippen LogP contribution in [0.2, 0.25) is 0 Å². The number of rotatable bonds is 10. The van der Waals surface area contributed by atoms with E-state index in [9.17, 15) is 18.4 Å². The molecule has 1 rings (SSSR count). The number of sulfone groups is 1. The Morgan fingerprint density at radius 3 is 2.70 bits per heavy atom. The van der Waals surface area contributed by atoms with E-state index in [0.717, 1.165) is 19.3 Å². The zero-order valence-corrected chi connectivity index (χ0v) is 14.1. The number of nitrogens with zero attached hydrogens (tertiary/aromatic N) is 1. The number of amides is 1. The molecule has 130 valence electrons. The Labute approximate surface area is 136 Å². The Balaban J connectivity index is 2.74. The number of unbranched alkanes of at least 4 members (excludes halogenated alkanes) is 3. The molecule has 0 aromatic carbocycles. The maximum absolute atomic E-state index is 12.4. The second kappa shape index (κ2) is 9.46. The van der Waals surface area contributed by atoms with E-state index in [1.165, 1.54) is 11.7 Å². The fraction of sp³-hybridized carbons (Fsp3) is 0.600. The molecule has 1 heterocycles. The van der Waals surface area contributed by atoms with E-state index in [-0.39, 0.29) is 18.6 Å². The molecule has 0 radical (unpaired) electrons. The van der Waals surface area contributed by atoms with Gasteiger partial charge in [0.25, 0.3) is 5.91 Å². The van der Waals surface area contributed by atoms with E-state index in [1.54, 1.807) is 18.2 Å². The van der Waals surface area contributed by atoms with Gasteiger partial charge in [-0.1, -0.05) is 38.7 Å². The van der Waals surface area contributed by atoms with Crippen molar-refractivity contribution >= 4 is 15.7 Å². The maximum Gasteiger partial charge on any atom is 0.261 e. The van der Waals surface area contributed by atoms with E-state index in [2.05, 4.69) is 0 Å². The molecule has 0 saturated heterocycles. The molecule has 7 nitrogen and oxygen atoms in total. The summed E-state index contributed by atoms with van der Waals surface area (Å²) in [6, 6.07) is 4.75. The van der Waals surface area contributed by atoms with E-state index < -0.39 is 21.0 Å². The summed E-state index contributed by atoms with van der Waals surface area (Å²) in [5.74, 6) is -1.23. The van der Waals surface area contributed by atoms with Gasteiger partial charge in [-0.05, 0) is 6.42 Å². The summed E-state index contributed by atoms with van der Waals surface area (Å²) in [5.41, 5.74) is 1.76. The van der Waals surface area contributed by atoms with Crippen molar-refractivity contribution in [2.75, 3.05) is 5.75 Å². The van der Waals surface area contributed by atoms with Crippen molar-refractivity contribution in [3.63, 3.8) is 0 Å². The first-order chi connectivity index (χ1) is 10.9. The van der Waals surface area contributed by atoms with Crippen LogP contribution in [0.5, 0.6) is 0 Å². The van der Waals surface area contributed by atoms with Crippen molar-refractivity contribution < 1.29 is 23.1 Å². The summed E-state index contributed by atoms with van der Waals surface area (Å²) < 4.78 is 25.4. The molecule has 23 heavy (non-hydrogen) atoms. The number of hydrogen-bond acceptors (Lipinski definition) is 5. The van der Waals surface area contributed by atoms with Crippen LogP contribution in [0.3, 0.4) is 0 Å². The standard InChI is InChI=1S/C15H24N2O5S/c1-2-3-4-5-9-14(15(18)16-19)23(21,22)12-10-13-8-6-7-11-17(13)20/h6-8,11,14,19H,2-5,9-10,12H2,1H3,(H,16,18). The summed E-state index contributed by atoms with van der Waals surface area (Å²) in [4.78, 5) is 11.7. The minimum Gasteiger partial charge on any atom is -0.619 e. The van der Waals surface area contributed by atoms with Crippen LogP contribution in [-0.2, 0) is 21.1 Å². The molecule has 1 amide bonds. The van der Waals surface area contributed by atoms with E-state index in [4.69, 9.17) is 5.21 Å². The molecular formula is C15H24N2O5S. The fourth-order valence-corrected chi connectivity index (χ4v) is 4.03. The van der Waals surface area contributed by atoms with Gasteiger partial charge in [-0.25, -0.2) is 13.9 Å². The number of carbonyl (C=O) groups excluding carboxylic acids is 1. The van der Waals surface area contributed by atoms with Crippen molar-refractivity contribution in [3.05, 3.63) is 35.3 Å². The van der Waals surface area contributed by atoms with Gasteiger partial charge in [0.2, 0.25) is 0 Å². The molecule has 0 bridgehead atoms. The fourth-order valence-electron chi connectivity index (χ4n) is 2.35. The van der Waals surface area contributed by atoms with Gasteiger partial charge in [-0.2, -0.15) is 4.73 Å². The first-order valence-electron chi connectivity index (χ1n) is 7.75. The van der Waals surface area contributed by atoms with Gasteiger partial charge in [-0.3, -0.25) is 10.0 Å². The third kappa shape index (κ3) is 6.15. The lowest BCUT2D eigenvalue weighted by atomic mass is 10.1. The predicted octanol–water partition coefficient (Wildman–Crippen LogP) is 1.12. The van der Waals surface area contributed by atoms with Crippen molar-refractivity contribution in [1.82, 2.24) is 5.48 Å². The van der Waals surface area contributed by atoms with Crippen LogP contribution in [-0.4, -0.2) is 30.5 Å². The first kappa shape index (κ1) is 19.4. The van der Waals surface area contributed by atoms with Crippen LogP contribution in [0, 0.1) is 5.21 Å². The van der Waals surface area contributed by atoms with Gasteiger partial charge in [-0.15, -0.1) is 0 Å². The smallest absolute Gasteiger partial charge is 0.261 e. The Bertz CT molecular complexity index is 604. The largest absolute Gasteiger partial charge is 0.619 e. The lowest BCUT2D eigenvalue weighted by molar-refractivity contribution is -0.613. The minimum absolute atomic E-state index is 0.0246. The molecule has 1 aromatic rings. The Hall–Kier alpha value is -1.67. The second-order valence-electron chi connectivity index (χ2n) is 5.45. The van der Waals surface area contributed by atoms with Crippen LogP contribution >= 0.6 is 0 Å². The lowest BCUT2D eigenvalue weighted by Gasteiger charge is -2.15. The van der Waals surface area contributed by atoms with Gasteiger partial charge in [0.05, 0.1) is 5.75 Å². The number of nitrogens with one attached hydrogen (secondary N) is 1. The predicted molar refractivity (Wildman–Crippen MR) is 85.4 cm³/mol. The highest BCUT2D eigenvalue weighted by Gasteiger charge is 2.32. The highest BCUT2D eigenvalue weighted by Crippen LogP contribution is 2.14. The molecule has 0 aliphatic carbocycles. The monoisotopic (exact) mass is 344 g/mol. The van der Waals surface area contributed by atoms with Crippen molar-refractivity contribution in [2.24, 2.45) is 0 Å². The number of hydrogen-bond donors (Lipinski definition) is 2. The number of pyridine rings is 1. The lowest BCUT2D eigenvalue weighted by Crippen LogP contribution is -2.40. The highest BCUT2D eigenvalue weighted by atomic mass is 32.2. The van der Waals surface area contributed by atoms with Crippen LogP contribution < -0.4 is 10.2 Å². The zero-order chi connectivity index (χ0) is 17.3. The maximum atomic E-state index is 12.4. The first-order valence-corrected chi connectivity index (χ1v) is 9.46. The molecule has 0 spiro atoms. The number of aromatic nitrogens is 1. The van der Waals surface area contributed by atoms with E-state index in [1.807, 2.05) is 6.92 Å². The number of hydroxylamine groups is 1. The summed E-state index contributed by atoms with van der Waals surface area (Å²) in [7, 11) is -3.76. The molecule has 1 aromatic heterocycles. The third-order valence-corrected chi connectivity index (χ3v) is 5.79. The summed E-state index contributed by atoms with van der Waals surface area (Å²) in [6.45, 7) is 2.03. The zero-order valence-electron chi connectivity index (χ0n) is 13.3. The molecule has 1 atom stereocenters. The van der Waals surface area contributed by atoms with Crippen LogP contribution in [0.15, 0.2) is 24.4 Å². The summed E-state index contributed by atoms with van der Waals surface area (Å²) in [6.07, 6.45) is 4.88. The molecule has 8 heteroatoms. The van der Waals surface area contributed by atoms with Gasteiger partial charge in [0, 0.05) is 18.6 Å². The minimum atomic E-state index is -3.76. The van der Waals surface area contributed by atoms with Gasteiger partial charge >= 0.3 is 0 Å². The molecular weight excluding hydrogens is 320 g/mol. The Morgan fingerprint density at radius 1 is 1.35 bits per heavy atom. The third-order valence-electron chi connectivity index (χ3n) is 3.70. The molecule has 2 N–H and O–H groups in total. The van der Waals surface area contributed by atoms with E-state index in [0.29, 0.717) is 16.8 Å². The van der Waals surface area contributed by atoms with Crippen LogP contribution in [0.25, 0.3) is 0 Å². The van der Waals surface area contributed by atoms with Crippen LogP contribution in [0.4, 0.5) is 0 Å². The SMILES string of the molecule is CCCCCCC(C(=O)NO)S(=O)(=O)CCc1cccc[n+]1[O-]. The molecule has 0 saturated carbocycles. The highest BCUT2D eigenvalue weighted by molar-refractivity contribution is 7.92. The van der Waals surface area contributed by atoms with Gasteiger partial charge in [0.15, 0.2) is 21.7 Å². The van der Waals surface area contributed by atoms with Gasteiger partial charge in [0.1, 0.15) is 5.25 Å². The van der Waals surface area contributed by atoms with Crippen molar-refractivity contribution in [1.29, 1.82) is 0 Å². The molecule has 0 aliphatic rings. The molecule has 1 unspecified atom stereocenters. The Morgan fingerprint density at radius 2 is 2.09 bits per heavy atom. The number of carbonyl (C=O) groups is 1.